The van der Waals surface area contributed by atoms with Gasteiger partial charge in [-0.25, -0.2) is 0 Å². The average molecular weight is 310 g/mol. The second kappa shape index (κ2) is 5.14. The van der Waals surface area contributed by atoms with Gasteiger partial charge in [0.25, 0.3) is 0 Å². The smallest absolute Gasteiger partial charge is 0.307 e. The molecule has 1 N–H and O–H groups in total. The number of halogens is 1. The standard InChI is InChI=1S/C14H15FN2O3S/c15-21(19,20)11-7-14(18)17(9-11)6-5-10-8-16-13-4-2-1-3-12(10)13/h1-4,8,11,16H,5-7,9H2. The van der Waals surface area contributed by atoms with Crippen molar-refractivity contribution in [2.24, 2.45) is 0 Å². The molecule has 1 fully saturated rings. The van der Waals surface area contributed by atoms with Gasteiger partial charge in [0.1, 0.15) is 5.25 Å². The Morgan fingerprint density at radius 1 is 1.33 bits per heavy atom. The summed E-state index contributed by atoms with van der Waals surface area (Å²) in [5, 5.41) is -0.133. The maximum absolute atomic E-state index is 13.0. The number of hydrogen-bond acceptors (Lipinski definition) is 3. The molecule has 1 aromatic heterocycles. The Hall–Kier alpha value is -1.89. The van der Waals surface area contributed by atoms with Crippen LogP contribution in [0.25, 0.3) is 10.9 Å². The zero-order valence-corrected chi connectivity index (χ0v) is 12.1. The maximum Gasteiger partial charge on any atom is 0.307 e. The van der Waals surface area contributed by atoms with E-state index in [0.29, 0.717) is 13.0 Å². The van der Waals surface area contributed by atoms with E-state index < -0.39 is 15.5 Å². The van der Waals surface area contributed by atoms with Crippen molar-refractivity contribution < 1.29 is 17.1 Å². The predicted octanol–water partition coefficient (Wildman–Crippen LogP) is 1.61. The molecular weight excluding hydrogens is 295 g/mol. The Balaban J connectivity index is 1.70. The molecule has 0 spiro atoms. The number of amides is 1. The molecule has 1 aliphatic heterocycles. The number of carbonyl (C=O) groups is 1. The molecule has 0 bridgehead atoms. The molecule has 112 valence electrons. The summed E-state index contributed by atoms with van der Waals surface area (Å²) in [6.07, 6.45) is 2.23. The van der Waals surface area contributed by atoms with Crippen molar-refractivity contribution in [1.82, 2.24) is 9.88 Å². The van der Waals surface area contributed by atoms with Crippen LogP contribution in [-0.2, 0) is 21.4 Å². The summed E-state index contributed by atoms with van der Waals surface area (Å²) in [7, 11) is -4.64. The molecule has 1 unspecified atom stereocenters. The normalized spacial score (nSPS) is 19.6. The van der Waals surface area contributed by atoms with Crippen molar-refractivity contribution in [2.45, 2.75) is 18.1 Å². The summed E-state index contributed by atoms with van der Waals surface area (Å²) >= 11 is 0. The third kappa shape index (κ3) is 2.78. The van der Waals surface area contributed by atoms with Crippen LogP contribution in [0.15, 0.2) is 30.5 Å². The fraction of sp³-hybridized carbons (Fsp3) is 0.357. The minimum atomic E-state index is -4.64. The van der Waals surface area contributed by atoms with Crippen molar-refractivity contribution in [3.63, 3.8) is 0 Å². The van der Waals surface area contributed by atoms with Crippen molar-refractivity contribution in [1.29, 1.82) is 0 Å². The van der Waals surface area contributed by atoms with Gasteiger partial charge in [-0.15, -0.1) is 3.89 Å². The van der Waals surface area contributed by atoms with E-state index in [1.807, 2.05) is 30.5 Å². The Morgan fingerprint density at radius 2 is 2.10 bits per heavy atom. The van der Waals surface area contributed by atoms with Gasteiger partial charge in [0.2, 0.25) is 5.91 Å². The lowest BCUT2D eigenvalue weighted by molar-refractivity contribution is -0.127. The fourth-order valence-corrected chi connectivity index (χ4v) is 3.43. The largest absolute Gasteiger partial charge is 0.361 e. The molecule has 3 rings (SSSR count). The Kier molecular flexibility index (Phi) is 3.44. The van der Waals surface area contributed by atoms with Crippen molar-refractivity contribution in [2.75, 3.05) is 13.1 Å². The number of benzene rings is 1. The van der Waals surface area contributed by atoms with Gasteiger partial charge in [0.15, 0.2) is 0 Å². The molecule has 1 saturated heterocycles. The fourth-order valence-electron chi connectivity index (χ4n) is 2.73. The molecule has 1 amide bonds. The number of nitrogens with one attached hydrogen (secondary N) is 1. The number of aromatic nitrogens is 1. The molecule has 2 heterocycles. The van der Waals surface area contributed by atoms with Crippen LogP contribution >= 0.6 is 0 Å². The lowest BCUT2D eigenvalue weighted by Crippen LogP contribution is -2.29. The SMILES string of the molecule is O=C1CC(S(=O)(=O)F)CN1CCc1c[nH]c2ccccc12. The topological polar surface area (TPSA) is 70.2 Å². The van der Waals surface area contributed by atoms with E-state index in [4.69, 9.17) is 0 Å². The van der Waals surface area contributed by atoms with E-state index in [1.165, 1.54) is 4.90 Å². The third-order valence-electron chi connectivity index (χ3n) is 3.90. The molecular formula is C14H15FN2O3S. The molecule has 1 aliphatic rings. The Bertz CT molecular complexity index is 784. The van der Waals surface area contributed by atoms with Crippen LogP contribution < -0.4 is 0 Å². The highest BCUT2D eigenvalue weighted by Crippen LogP contribution is 2.22. The molecule has 5 nitrogen and oxygen atoms in total. The number of nitrogens with zero attached hydrogens (tertiary/aromatic N) is 1. The number of rotatable bonds is 4. The van der Waals surface area contributed by atoms with E-state index in [9.17, 15) is 17.1 Å². The predicted molar refractivity (Wildman–Crippen MR) is 77.0 cm³/mol. The summed E-state index contributed by atoms with van der Waals surface area (Å²) < 4.78 is 34.7. The lowest BCUT2D eigenvalue weighted by Gasteiger charge is -2.15. The summed E-state index contributed by atoms with van der Waals surface area (Å²) in [5.41, 5.74) is 2.08. The number of likely N-dealkylation sites (tertiary alicyclic amines) is 1. The van der Waals surface area contributed by atoms with Crippen LogP contribution in [-0.4, -0.2) is 42.5 Å². The summed E-state index contributed by atoms with van der Waals surface area (Å²) in [6, 6.07) is 7.82. The highest BCUT2D eigenvalue weighted by molar-refractivity contribution is 7.87. The van der Waals surface area contributed by atoms with Crippen molar-refractivity contribution in [3.8, 4) is 0 Å². The first-order chi connectivity index (χ1) is 9.95. The lowest BCUT2D eigenvalue weighted by atomic mass is 10.1. The van der Waals surface area contributed by atoms with Gasteiger partial charge in [0, 0.05) is 36.6 Å². The average Bonchev–Trinajstić information content (AvgIpc) is 3.00. The minimum absolute atomic E-state index is 0.0555. The van der Waals surface area contributed by atoms with Crippen molar-refractivity contribution >= 4 is 27.0 Å². The van der Waals surface area contributed by atoms with Crippen molar-refractivity contribution in [3.05, 3.63) is 36.0 Å². The zero-order valence-electron chi connectivity index (χ0n) is 11.3. The first kappa shape index (κ1) is 14.1. The van der Waals surface area contributed by atoms with Crippen LogP contribution in [0.1, 0.15) is 12.0 Å². The van der Waals surface area contributed by atoms with Gasteiger partial charge in [0.05, 0.1) is 0 Å². The van der Waals surface area contributed by atoms with Crippen LogP contribution in [0.5, 0.6) is 0 Å². The quantitative estimate of drug-likeness (QED) is 0.872. The van der Waals surface area contributed by atoms with Gasteiger partial charge in [-0.2, -0.15) is 8.42 Å². The second-order valence-electron chi connectivity index (χ2n) is 5.25. The highest BCUT2D eigenvalue weighted by atomic mass is 32.3. The molecule has 0 saturated carbocycles. The number of aromatic amines is 1. The maximum atomic E-state index is 13.0. The number of hydrogen-bond donors (Lipinski definition) is 1. The Labute approximate surface area is 122 Å². The van der Waals surface area contributed by atoms with Gasteiger partial charge >= 0.3 is 10.2 Å². The summed E-state index contributed by atoms with van der Waals surface area (Å²) in [6.45, 7) is 0.340. The number of H-pyrrole nitrogens is 1. The highest BCUT2D eigenvalue weighted by Gasteiger charge is 2.38. The molecule has 1 aromatic carbocycles. The number of carbonyl (C=O) groups excluding carboxylic acids is 1. The van der Waals surface area contributed by atoms with Crippen LogP contribution in [0, 0.1) is 0 Å². The van der Waals surface area contributed by atoms with E-state index >= 15 is 0 Å². The second-order valence-corrected chi connectivity index (χ2v) is 6.87. The third-order valence-corrected chi connectivity index (χ3v) is 5.02. The number of para-hydroxylation sites is 1. The van der Waals surface area contributed by atoms with Gasteiger partial charge < -0.3 is 9.88 Å². The van der Waals surface area contributed by atoms with E-state index in [2.05, 4.69) is 4.98 Å². The van der Waals surface area contributed by atoms with Gasteiger partial charge in [-0.1, -0.05) is 18.2 Å². The molecule has 2 aromatic rings. The summed E-state index contributed by atoms with van der Waals surface area (Å²) in [5.74, 6) is -0.305. The van der Waals surface area contributed by atoms with E-state index in [0.717, 1.165) is 16.5 Å². The van der Waals surface area contributed by atoms with Crippen LogP contribution in [0.2, 0.25) is 0 Å². The zero-order chi connectivity index (χ0) is 15.0. The minimum Gasteiger partial charge on any atom is -0.361 e. The van der Waals surface area contributed by atoms with Crippen LogP contribution in [0.4, 0.5) is 3.89 Å². The molecule has 7 heteroatoms. The summed E-state index contributed by atoms with van der Waals surface area (Å²) in [4.78, 5) is 16.3. The monoisotopic (exact) mass is 310 g/mol. The Morgan fingerprint density at radius 3 is 2.81 bits per heavy atom. The first-order valence-corrected chi connectivity index (χ1v) is 8.16. The number of fused-ring (bicyclic) bond motifs is 1. The molecule has 21 heavy (non-hydrogen) atoms. The van der Waals surface area contributed by atoms with E-state index in [-0.39, 0.29) is 18.9 Å². The molecule has 0 aliphatic carbocycles. The van der Waals surface area contributed by atoms with Gasteiger partial charge in [-0.3, -0.25) is 4.79 Å². The molecule has 0 radical (unpaired) electrons. The molecule has 1 atom stereocenters. The van der Waals surface area contributed by atoms with Crippen LogP contribution in [0.3, 0.4) is 0 Å². The first-order valence-electron chi connectivity index (χ1n) is 6.71. The van der Waals surface area contributed by atoms with Gasteiger partial charge in [-0.05, 0) is 18.1 Å². The van der Waals surface area contributed by atoms with E-state index in [1.54, 1.807) is 0 Å².